The molecule has 0 bridgehead atoms. The molecule has 0 unspecified atom stereocenters. The number of nitrogens with one attached hydrogen (secondary N) is 2. The number of carbonyl (C=O) groups excluding carboxylic acids is 1. The van der Waals surface area contributed by atoms with Gasteiger partial charge in [-0.15, -0.1) is 0 Å². The number of hydrogen-bond donors (Lipinski definition) is 3. The van der Waals surface area contributed by atoms with E-state index in [-0.39, 0.29) is 18.4 Å². The van der Waals surface area contributed by atoms with Crippen molar-refractivity contribution in [2.75, 3.05) is 6.54 Å². The monoisotopic (exact) mass is 144 g/mol. The summed E-state index contributed by atoms with van der Waals surface area (Å²) in [4.78, 5) is 20.5. The van der Waals surface area contributed by atoms with Gasteiger partial charge in [-0.1, -0.05) is 0 Å². The summed E-state index contributed by atoms with van der Waals surface area (Å²) in [5.41, 5.74) is 0. The van der Waals surface area contributed by atoms with Crippen molar-refractivity contribution >= 4 is 12.0 Å². The molecule has 0 spiro atoms. The average Bonchev–Trinajstić information content (AvgIpc) is 2.13. The van der Waals surface area contributed by atoms with Gasteiger partial charge in [-0.3, -0.25) is 4.79 Å². The van der Waals surface area contributed by atoms with Gasteiger partial charge in [0, 0.05) is 13.0 Å². The van der Waals surface area contributed by atoms with E-state index in [1.54, 1.807) is 0 Å². The van der Waals surface area contributed by atoms with Crippen molar-refractivity contribution in [1.82, 2.24) is 10.6 Å². The molecule has 10 heavy (non-hydrogen) atoms. The van der Waals surface area contributed by atoms with Gasteiger partial charge in [-0.05, 0) is 0 Å². The Bertz CT molecular complexity index is 168. The van der Waals surface area contributed by atoms with Gasteiger partial charge in [0.05, 0.1) is 6.04 Å². The highest BCUT2D eigenvalue weighted by molar-refractivity contribution is 5.80. The fourth-order valence-electron chi connectivity index (χ4n) is 0.882. The van der Waals surface area contributed by atoms with Crippen LogP contribution in [0.15, 0.2) is 0 Å². The first-order valence-corrected chi connectivity index (χ1v) is 2.94. The van der Waals surface area contributed by atoms with Crippen molar-refractivity contribution in [3.05, 3.63) is 0 Å². The van der Waals surface area contributed by atoms with Crippen molar-refractivity contribution in [3.8, 4) is 0 Å². The van der Waals surface area contributed by atoms with E-state index in [0.717, 1.165) is 0 Å². The minimum atomic E-state index is -1.08. The van der Waals surface area contributed by atoms with E-state index in [0.29, 0.717) is 6.54 Å². The molecule has 2 amide bonds. The van der Waals surface area contributed by atoms with E-state index in [1.165, 1.54) is 0 Å². The zero-order chi connectivity index (χ0) is 7.56. The molecule has 56 valence electrons. The maximum atomic E-state index is 10.5. The van der Waals surface area contributed by atoms with E-state index < -0.39 is 6.09 Å². The highest BCUT2D eigenvalue weighted by atomic mass is 16.4. The maximum absolute atomic E-state index is 10.5. The Kier molecular flexibility index (Phi) is 1.75. The number of carboxylic acid groups (broad SMARTS) is 1. The molecule has 0 aromatic carbocycles. The highest BCUT2D eigenvalue weighted by Crippen LogP contribution is 1.97. The predicted octanol–water partition coefficient (Wildman–Crippen LogP) is -0.858. The van der Waals surface area contributed by atoms with Gasteiger partial charge in [-0.25, -0.2) is 4.79 Å². The van der Waals surface area contributed by atoms with Gasteiger partial charge < -0.3 is 15.7 Å². The standard InChI is InChI=1S/C5H8N2O3/c8-4-1-3(2-6-4)7-5(9)10/h3,7H,1-2H2,(H,6,8)(H,9,10)/t3-/m0/s1. The summed E-state index contributed by atoms with van der Waals surface area (Å²) in [6.07, 6.45) is -0.826. The zero-order valence-corrected chi connectivity index (χ0v) is 5.26. The van der Waals surface area contributed by atoms with Crippen LogP contribution in [0.5, 0.6) is 0 Å². The van der Waals surface area contributed by atoms with Crippen LogP contribution in [0.2, 0.25) is 0 Å². The van der Waals surface area contributed by atoms with Crippen LogP contribution in [-0.2, 0) is 4.79 Å². The third-order valence-corrected chi connectivity index (χ3v) is 1.31. The molecule has 1 fully saturated rings. The summed E-state index contributed by atoms with van der Waals surface area (Å²) >= 11 is 0. The molecule has 5 heteroatoms. The second kappa shape index (κ2) is 2.55. The lowest BCUT2D eigenvalue weighted by atomic mass is 10.3. The molecule has 0 aromatic heterocycles. The van der Waals surface area contributed by atoms with E-state index in [9.17, 15) is 9.59 Å². The minimum absolute atomic E-state index is 0.0984. The zero-order valence-electron chi connectivity index (χ0n) is 5.26. The van der Waals surface area contributed by atoms with Crippen LogP contribution in [0.25, 0.3) is 0 Å². The van der Waals surface area contributed by atoms with Crippen LogP contribution in [0, 0.1) is 0 Å². The summed E-state index contributed by atoms with van der Waals surface area (Å²) in [6, 6.07) is -0.245. The van der Waals surface area contributed by atoms with Crippen molar-refractivity contribution in [2.45, 2.75) is 12.5 Å². The lowest BCUT2D eigenvalue weighted by molar-refractivity contribution is -0.119. The molecule has 1 heterocycles. The Morgan fingerprint density at radius 1 is 1.80 bits per heavy atom. The van der Waals surface area contributed by atoms with Gasteiger partial charge in [-0.2, -0.15) is 0 Å². The molecule has 1 saturated heterocycles. The molecule has 1 atom stereocenters. The number of hydrogen-bond acceptors (Lipinski definition) is 2. The molecule has 3 N–H and O–H groups in total. The van der Waals surface area contributed by atoms with Crippen LogP contribution < -0.4 is 10.6 Å². The second-order valence-electron chi connectivity index (χ2n) is 2.15. The van der Waals surface area contributed by atoms with Gasteiger partial charge in [0.2, 0.25) is 5.91 Å². The third-order valence-electron chi connectivity index (χ3n) is 1.31. The van der Waals surface area contributed by atoms with Crippen LogP contribution in [0.1, 0.15) is 6.42 Å². The quantitative estimate of drug-likeness (QED) is 0.448. The molecular weight excluding hydrogens is 136 g/mol. The van der Waals surface area contributed by atoms with Crippen LogP contribution in [-0.4, -0.2) is 29.7 Å². The largest absolute Gasteiger partial charge is 0.465 e. The molecule has 1 rings (SSSR count). The van der Waals surface area contributed by atoms with Gasteiger partial charge >= 0.3 is 6.09 Å². The fraction of sp³-hybridized carbons (Fsp3) is 0.600. The van der Waals surface area contributed by atoms with Crippen molar-refractivity contribution in [1.29, 1.82) is 0 Å². The number of carbonyl (C=O) groups is 2. The van der Waals surface area contributed by atoms with Gasteiger partial charge in [0.1, 0.15) is 0 Å². The topological polar surface area (TPSA) is 78.4 Å². The highest BCUT2D eigenvalue weighted by Gasteiger charge is 2.22. The fourth-order valence-corrected chi connectivity index (χ4v) is 0.882. The summed E-state index contributed by atoms with van der Waals surface area (Å²) < 4.78 is 0. The normalized spacial score (nSPS) is 24.0. The Labute approximate surface area is 57.4 Å². The Morgan fingerprint density at radius 3 is 2.90 bits per heavy atom. The summed E-state index contributed by atoms with van der Waals surface area (Å²) in [6.45, 7) is 0.408. The molecule has 0 saturated carbocycles. The first-order chi connectivity index (χ1) is 4.68. The number of rotatable bonds is 1. The minimum Gasteiger partial charge on any atom is -0.465 e. The van der Waals surface area contributed by atoms with Gasteiger partial charge in [0.15, 0.2) is 0 Å². The third kappa shape index (κ3) is 1.61. The Morgan fingerprint density at radius 2 is 2.50 bits per heavy atom. The Hall–Kier alpha value is -1.26. The van der Waals surface area contributed by atoms with E-state index >= 15 is 0 Å². The van der Waals surface area contributed by atoms with Crippen LogP contribution >= 0.6 is 0 Å². The van der Waals surface area contributed by atoms with Crippen LogP contribution in [0.3, 0.4) is 0 Å². The predicted molar refractivity (Wildman–Crippen MR) is 32.6 cm³/mol. The first kappa shape index (κ1) is 6.85. The summed E-state index contributed by atoms with van der Waals surface area (Å²) in [7, 11) is 0. The number of amides is 2. The molecule has 0 aliphatic carbocycles. The average molecular weight is 144 g/mol. The van der Waals surface area contributed by atoms with Crippen LogP contribution in [0.4, 0.5) is 4.79 Å². The maximum Gasteiger partial charge on any atom is 0.404 e. The lowest BCUT2D eigenvalue weighted by Crippen LogP contribution is -2.34. The van der Waals surface area contributed by atoms with Gasteiger partial charge in [0.25, 0.3) is 0 Å². The molecule has 0 aromatic rings. The molecule has 5 nitrogen and oxygen atoms in total. The molecule has 1 aliphatic rings. The SMILES string of the molecule is O=C(O)N[C@@H]1CNC(=O)C1. The van der Waals surface area contributed by atoms with Crippen molar-refractivity contribution in [2.24, 2.45) is 0 Å². The molecule has 0 radical (unpaired) electrons. The summed E-state index contributed by atoms with van der Waals surface area (Å²) in [5.74, 6) is -0.0984. The second-order valence-corrected chi connectivity index (χ2v) is 2.15. The summed E-state index contributed by atoms with van der Waals surface area (Å²) in [5, 5.41) is 12.9. The van der Waals surface area contributed by atoms with E-state index in [2.05, 4.69) is 10.6 Å². The molecular formula is C5H8N2O3. The molecule has 1 aliphatic heterocycles. The Balaban J connectivity index is 2.31. The van der Waals surface area contributed by atoms with Crippen molar-refractivity contribution < 1.29 is 14.7 Å². The first-order valence-electron chi connectivity index (χ1n) is 2.94. The van der Waals surface area contributed by atoms with E-state index in [1.807, 2.05) is 0 Å². The van der Waals surface area contributed by atoms with E-state index in [4.69, 9.17) is 5.11 Å². The smallest absolute Gasteiger partial charge is 0.404 e. The lowest BCUT2D eigenvalue weighted by Gasteiger charge is -2.04. The van der Waals surface area contributed by atoms with Crippen molar-refractivity contribution in [3.63, 3.8) is 0 Å².